The van der Waals surface area contributed by atoms with E-state index in [9.17, 15) is 4.79 Å². The fourth-order valence-electron chi connectivity index (χ4n) is 1.35. The van der Waals surface area contributed by atoms with E-state index in [1.165, 1.54) is 0 Å². The number of esters is 1. The zero-order valence-electron chi connectivity index (χ0n) is 8.43. The van der Waals surface area contributed by atoms with Crippen LogP contribution in [0.5, 0.6) is 5.88 Å². The lowest BCUT2D eigenvalue weighted by Crippen LogP contribution is -2.06. The van der Waals surface area contributed by atoms with Crippen LogP contribution in [0.3, 0.4) is 0 Å². The predicted octanol–water partition coefficient (Wildman–Crippen LogP) is 2.55. The molecule has 0 saturated heterocycles. The Morgan fingerprint density at radius 1 is 1.33 bits per heavy atom. The van der Waals surface area contributed by atoms with Gasteiger partial charge in [-0.05, 0) is 17.5 Å². The number of fused-ring (bicyclic) bond motifs is 1. The molecule has 76 valence electrons. The van der Waals surface area contributed by atoms with Gasteiger partial charge < -0.3 is 4.74 Å². The minimum Gasteiger partial charge on any atom is -0.407 e. The molecule has 1 aromatic carbocycles. The molecule has 0 unspecified atom stereocenters. The van der Waals surface area contributed by atoms with Crippen molar-refractivity contribution in [2.24, 2.45) is 0 Å². The van der Waals surface area contributed by atoms with E-state index >= 15 is 0 Å². The van der Waals surface area contributed by atoms with Crippen molar-refractivity contribution in [3.63, 3.8) is 0 Å². The Kier molecular flexibility index (Phi) is 2.63. The first-order valence-corrected chi connectivity index (χ1v) is 4.85. The van der Waals surface area contributed by atoms with Gasteiger partial charge in [0.05, 0.1) is 0 Å². The average molecular weight is 201 g/mol. The Labute approximate surface area is 87.7 Å². The van der Waals surface area contributed by atoms with Crippen LogP contribution < -0.4 is 4.74 Å². The lowest BCUT2D eigenvalue weighted by atomic mass is 10.2. The average Bonchev–Trinajstić information content (AvgIpc) is 2.29. The maximum atomic E-state index is 11.2. The molecule has 0 aliphatic carbocycles. The molecule has 0 N–H and O–H groups in total. The first-order valence-electron chi connectivity index (χ1n) is 4.85. The van der Waals surface area contributed by atoms with E-state index in [2.05, 4.69) is 4.98 Å². The third-order valence-electron chi connectivity index (χ3n) is 2.14. The van der Waals surface area contributed by atoms with E-state index in [1.807, 2.05) is 30.3 Å². The number of rotatable bonds is 2. The van der Waals surface area contributed by atoms with Crippen LogP contribution in [0.2, 0.25) is 0 Å². The maximum absolute atomic E-state index is 11.2. The van der Waals surface area contributed by atoms with E-state index in [0.717, 1.165) is 10.8 Å². The molecule has 2 rings (SSSR count). The number of hydrogen-bond donors (Lipinski definition) is 0. The highest BCUT2D eigenvalue weighted by atomic mass is 16.5. The van der Waals surface area contributed by atoms with Crippen molar-refractivity contribution in [1.82, 2.24) is 4.98 Å². The van der Waals surface area contributed by atoms with Crippen molar-refractivity contribution in [1.29, 1.82) is 0 Å². The number of ether oxygens (including phenoxy) is 1. The maximum Gasteiger partial charge on any atom is 0.312 e. The van der Waals surface area contributed by atoms with E-state index in [0.29, 0.717) is 12.3 Å². The number of carbonyl (C=O) groups excluding carboxylic acids is 1. The summed E-state index contributed by atoms with van der Waals surface area (Å²) in [5.41, 5.74) is 0. The van der Waals surface area contributed by atoms with Crippen LogP contribution in [0, 0.1) is 0 Å². The van der Waals surface area contributed by atoms with E-state index in [4.69, 9.17) is 4.74 Å². The Balaban J connectivity index is 2.46. The summed E-state index contributed by atoms with van der Waals surface area (Å²) in [6, 6.07) is 9.57. The minimum atomic E-state index is -0.265. The van der Waals surface area contributed by atoms with Crippen molar-refractivity contribution in [3.8, 4) is 5.88 Å². The second-order valence-electron chi connectivity index (χ2n) is 3.16. The third kappa shape index (κ3) is 1.96. The fourth-order valence-corrected chi connectivity index (χ4v) is 1.35. The van der Waals surface area contributed by atoms with Gasteiger partial charge in [0.25, 0.3) is 0 Å². The summed E-state index contributed by atoms with van der Waals surface area (Å²) >= 11 is 0. The van der Waals surface area contributed by atoms with Crippen molar-refractivity contribution < 1.29 is 9.53 Å². The number of carbonyl (C=O) groups is 1. The SMILES string of the molecule is CCC(=O)Oc1nccc2ccccc12. The topological polar surface area (TPSA) is 39.2 Å². The number of aromatic nitrogens is 1. The summed E-state index contributed by atoms with van der Waals surface area (Å²) in [6.45, 7) is 1.76. The van der Waals surface area contributed by atoms with E-state index < -0.39 is 0 Å². The standard InChI is InChI=1S/C12H11NO2/c1-2-11(14)15-12-10-6-4-3-5-9(10)7-8-13-12/h3-8H,2H2,1H3. The number of pyridine rings is 1. The minimum absolute atomic E-state index is 0.265. The molecule has 0 spiro atoms. The molecule has 2 aromatic rings. The molecule has 0 atom stereocenters. The highest BCUT2D eigenvalue weighted by Gasteiger charge is 2.06. The Morgan fingerprint density at radius 2 is 2.13 bits per heavy atom. The van der Waals surface area contributed by atoms with Crippen LogP contribution in [0.1, 0.15) is 13.3 Å². The van der Waals surface area contributed by atoms with Gasteiger partial charge in [0.15, 0.2) is 0 Å². The summed E-state index contributed by atoms with van der Waals surface area (Å²) in [7, 11) is 0. The molecule has 0 bridgehead atoms. The third-order valence-corrected chi connectivity index (χ3v) is 2.14. The summed E-state index contributed by atoms with van der Waals surface area (Å²) < 4.78 is 5.13. The van der Waals surface area contributed by atoms with Gasteiger partial charge in [0, 0.05) is 18.0 Å². The fraction of sp³-hybridized carbons (Fsp3) is 0.167. The highest BCUT2D eigenvalue weighted by Crippen LogP contribution is 2.22. The molecule has 1 aromatic heterocycles. The monoisotopic (exact) mass is 201 g/mol. The molecule has 15 heavy (non-hydrogen) atoms. The van der Waals surface area contributed by atoms with Gasteiger partial charge in [-0.3, -0.25) is 4.79 Å². The Hall–Kier alpha value is -1.90. The highest BCUT2D eigenvalue weighted by molar-refractivity contribution is 5.88. The molecule has 0 saturated carbocycles. The summed E-state index contributed by atoms with van der Waals surface area (Å²) in [5.74, 6) is 0.124. The first kappa shape index (κ1) is 9.65. The second-order valence-corrected chi connectivity index (χ2v) is 3.16. The van der Waals surface area contributed by atoms with E-state index in [-0.39, 0.29) is 5.97 Å². The van der Waals surface area contributed by atoms with E-state index in [1.54, 1.807) is 13.1 Å². The number of hydrogen-bond acceptors (Lipinski definition) is 3. The smallest absolute Gasteiger partial charge is 0.312 e. The molecule has 0 aliphatic heterocycles. The normalized spacial score (nSPS) is 10.2. The molecule has 1 heterocycles. The predicted molar refractivity (Wildman–Crippen MR) is 57.7 cm³/mol. The van der Waals surface area contributed by atoms with Gasteiger partial charge in [0.1, 0.15) is 0 Å². The molecule has 3 nitrogen and oxygen atoms in total. The second kappa shape index (κ2) is 4.09. The lowest BCUT2D eigenvalue weighted by molar-refractivity contribution is -0.134. The molecular weight excluding hydrogens is 190 g/mol. The van der Waals surface area contributed by atoms with Crippen LogP contribution in [0.15, 0.2) is 36.5 Å². The molecule has 3 heteroatoms. The number of benzene rings is 1. The number of nitrogens with zero attached hydrogens (tertiary/aromatic N) is 1. The van der Waals surface area contributed by atoms with Gasteiger partial charge in [-0.1, -0.05) is 25.1 Å². The van der Waals surface area contributed by atoms with Crippen LogP contribution in [-0.2, 0) is 4.79 Å². The van der Waals surface area contributed by atoms with Gasteiger partial charge in [-0.25, -0.2) is 4.98 Å². The van der Waals surface area contributed by atoms with Crippen LogP contribution in [-0.4, -0.2) is 11.0 Å². The van der Waals surface area contributed by atoms with Gasteiger partial charge in [-0.15, -0.1) is 0 Å². The Morgan fingerprint density at radius 3 is 2.93 bits per heavy atom. The molecule has 0 radical (unpaired) electrons. The van der Waals surface area contributed by atoms with Gasteiger partial charge in [-0.2, -0.15) is 0 Å². The molecule has 0 fully saturated rings. The first-order chi connectivity index (χ1) is 7.31. The van der Waals surface area contributed by atoms with Crippen LogP contribution >= 0.6 is 0 Å². The summed E-state index contributed by atoms with van der Waals surface area (Å²) in [5, 5.41) is 1.88. The zero-order chi connectivity index (χ0) is 10.7. The van der Waals surface area contributed by atoms with Crippen LogP contribution in [0.25, 0.3) is 10.8 Å². The van der Waals surface area contributed by atoms with Crippen molar-refractivity contribution in [3.05, 3.63) is 36.5 Å². The lowest BCUT2D eigenvalue weighted by Gasteiger charge is -2.04. The van der Waals surface area contributed by atoms with Crippen molar-refractivity contribution in [2.45, 2.75) is 13.3 Å². The van der Waals surface area contributed by atoms with Crippen molar-refractivity contribution in [2.75, 3.05) is 0 Å². The summed E-state index contributed by atoms with van der Waals surface area (Å²) in [6.07, 6.45) is 1.99. The molecule has 0 amide bonds. The van der Waals surface area contributed by atoms with Crippen molar-refractivity contribution >= 4 is 16.7 Å². The summed E-state index contributed by atoms with van der Waals surface area (Å²) in [4.78, 5) is 15.2. The quantitative estimate of drug-likeness (QED) is 0.701. The van der Waals surface area contributed by atoms with Crippen LogP contribution in [0.4, 0.5) is 0 Å². The largest absolute Gasteiger partial charge is 0.407 e. The molecular formula is C12H11NO2. The molecule has 0 aliphatic rings. The Bertz CT molecular complexity index is 488. The van der Waals surface area contributed by atoms with Gasteiger partial charge >= 0.3 is 5.97 Å². The zero-order valence-corrected chi connectivity index (χ0v) is 8.43. The van der Waals surface area contributed by atoms with Gasteiger partial charge in [0.2, 0.25) is 5.88 Å².